The summed E-state index contributed by atoms with van der Waals surface area (Å²) in [6, 6.07) is 12.2. The summed E-state index contributed by atoms with van der Waals surface area (Å²) in [5.41, 5.74) is 0.269. The highest BCUT2D eigenvalue weighted by atomic mass is 79.9. The molecule has 41 heavy (non-hydrogen) atoms. The molecule has 6 nitrogen and oxygen atoms in total. The van der Waals surface area contributed by atoms with Gasteiger partial charge < -0.3 is 19.7 Å². The lowest BCUT2D eigenvalue weighted by molar-refractivity contribution is -0.168. The van der Waals surface area contributed by atoms with Crippen LogP contribution in [0.4, 0.5) is 0 Å². The number of hydrogen-bond donors (Lipinski definition) is 2. The average Bonchev–Trinajstić information content (AvgIpc) is 3.37. The third kappa shape index (κ3) is 11.7. The second-order valence-electron chi connectivity index (χ2n) is 12.4. The van der Waals surface area contributed by atoms with Crippen LogP contribution < -0.4 is 4.74 Å². The molecule has 3 rings (SSSR count). The Hall–Kier alpha value is -2.54. The Morgan fingerprint density at radius 2 is 1.41 bits per heavy atom. The summed E-state index contributed by atoms with van der Waals surface area (Å²) in [4.78, 5) is 23.6. The molecule has 0 spiro atoms. The first-order chi connectivity index (χ1) is 19.0. The lowest BCUT2D eigenvalue weighted by Gasteiger charge is -2.29. The molecule has 1 unspecified atom stereocenters. The van der Waals surface area contributed by atoms with E-state index in [1.54, 1.807) is 24.3 Å². The smallest absolute Gasteiger partial charge is 0.316 e. The normalized spacial score (nSPS) is 15.0. The largest absolute Gasteiger partial charge is 0.508 e. The van der Waals surface area contributed by atoms with Crippen molar-refractivity contribution >= 4 is 27.9 Å². The number of rotatable bonds is 8. The maximum Gasteiger partial charge on any atom is 0.316 e. The molecule has 2 N–H and O–H groups in total. The second-order valence-corrected chi connectivity index (χ2v) is 13.2. The molecule has 7 heteroatoms. The van der Waals surface area contributed by atoms with Crippen LogP contribution in [0.5, 0.6) is 17.2 Å². The second kappa shape index (κ2) is 16.2. The SMILES string of the molecule is CCC(C)(C)C(=O)OC1(C)CCCC1.CCC(C)(C)C(=O)Oc1cccc(O)c1Br.CCC(C)c1ccc(O)cc1. The van der Waals surface area contributed by atoms with E-state index < -0.39 is 5.41 Å². The van der Waals surface area contributed by atoms with Crippen LogP contribution >= 0.6 is 15.9 Å². The Balaban J connectivity index is 0.000000313. The summed E-state index contributed by atoms with van der Waals surface area (Å²) in [5, 5.41) is 18.4. The number of carbonyl (C=O) groups excluding carboxylic acids is 2. The van der Waals surface area contributed by atoms with Crippen molar-refractivity contribution in [2.45, 2.75) is 119 Å². The van der Waals surface area contributed by atoms with E-state index in [4.69, 9.17) is 14.6 Å². The first kappa shape index (κ1) is 36.5. The van der Waals surface area contributed by atoms with Crippen LogP contribution in [0.25, 0.3) is 0 Å². The molecule has 1 atom stereocenters. The van der Waals surface area contributed by atoms with Gasteiger partial charge in [0.15, 0.2) is 0 Å². The molecular weight excluding hydrogens is 584 g/mol. The molecular formula is C34H51BrO6. The molecule has 1 aliphatic rings. The van der Waals surface area contributed by atoms with Crippen LogP contribution in [0.3, 0.4) is 0 Å². The van der Waals surface area contributed by atoms with E-state index in [9.17, 15) is 14.7 Å². The number of halogens is 1. The Morgan fingerprint density at radius 1 is 0.902 bits per heavy atom. The van der Waals surface area contributed by atoms with E-state index in [0.29, 0.717) is 28.3 Å². The van der Waals surface area contributed by atoms with Gasteiger partial charge in [0.25, 0.3) is 0 Å². The molecule has 1 fully saturated rings. The molecule has 0 saturated heterocycles. The Labute approximate surface area is 256 Å². The average molecular weight is 636 g/mol. The molecule has 0 heterocycles. The molecule has 0 bridgehead atoms. The highest BCUT2D eigenvalue weighted by molar-refractivity contribution is 9.10. The number of ether oxygens (including phenoxy) is 2. The minimum Gasteiger partial charge on any atom is -0.508 e. The summed E-state index contributed by atoms with van der Waals surface area (Å²) < 4.78 is 11.2. The molecule has 230 valence electrons. The summed E-state index contributed by atoms with van der Waals surface area (Å²) in [6.45, 7) is 17.9. The van der Waals surface area contributed by atoms with Crippen molar-refractivity contribution in [2.24, 2.45) is 10.8 Å². The zero-order valence-electron chi connectivity index (χ0n) is 26.5. The number of phenolic OH excluding ortho intramolecular Hbond substituents is 2. The first-order valence-corrected chi connectivity index (χ1v) is 15.5. The maximum atomic E-state index is 11.8. The van der Waals surface area contributed by atoms with Gasteiger partial charge >= 0.3 is 11.9 Å². The monoisotopic (exact) mass is 634 g/mol. The summed E-state index contributed by atoms with van der Waals surface area (Å²) in [5.74, 6) is 0.990. The molecule has 0 aromatic heterocycles. The zero-order chi connectivity index (χ0) is 31.4. The fraction of sp³-hybridized carbons (Fsp3) is 0.588. The van der Waals surface area contributed by atoms with Gasteiger partial charge in [-0.2, -0.15) is 0 Å². The van der Waals surface area contributed by atoms with E-state index in [2.05, 4.69) is 36.7 Å². The molecule has 0 radical (unpaired) electrons. The van der Waals surface area contributed by atoms with Crippen molar-refractivity contribution in [1.82, 2.24) is 0 Å². The molecule has 2 aromatic carbocycles. The van der Waals surface area contributed by atoms with Crippen molar-refractivity contribution in [3.05, 3.63) is 52.5 Å². The van der Waals surface area contributed by atoms with Crippen molar-refractivity contribution in [1.29, 1.82) is 0 Å². The van der Waals surface area contributed by atoms with Gasteiger partial charge in [-0.1, -0.05) is 45.9 Å². The van der Waals surface area contributed by atoms with Gasteiger partial charge in [-0.05, 0) is 131 Å². The predicted molar refractivity (Wildman–Crippen MR) is 169 cm³/mol. The number of carbonyl (C=O) groups is 2. The van der Waals surface area contributed by atoms with Crippen LogP contribution in [0.15, 0.2) is 46.9 Å². The third-order valence-corrected chi connectivity index (χ3v) is 8.89. The summed E-state index contributed by atoms with van der Waals surface area (Å²) in [6.07, 6.45) is 7.11. The van der Waals surface area contributed by atoms with E-state index in [0.717, 1.165) is 25.7 Å². The third-order valence-electron chi connectivity index (χ3n) is 8.09. The highest BCUT2D eigenvalue weighted by Gasteiger charge is 2.37. The van der Waals surface area contributed by atoms with Gasteiger partial charge in [-0.25, -0.2) is 0 Å². The standard InChI is InChI=1S/C12H15BrO3.C12H22O2.C10H14O/c1-4-12(2,3)11(15)16-9-7-5-6-8(14)10(9)13;1-5-11(2,3)10(13)14-12(4)8-6-7-9-12;1-3-8(2)9-4-6-10(11)7-5-9/h5-7,14H,4H2,1-3H3;5-9H2,1-4H3;4-8,11H,3H2,1-2H3. The molecule has 0 amide bonds. The Morgan fingerprint density at radius 3 is 1.90 bits per heavy atom. The Kier molecular flexibility index (Phi) is 14.4. The number of benzene rings is 2. The van der Waals surface area contributed by atoms with E-state index >= 15 is 0 Å². The van der Waals surface area contributed by atoms with Gasteiger partial charge in [-0.15, -0.1) is 0 Å². The topological polar surface area (TPSA) is 93.1 Å². The van der Waals surface area contributed by atoms with E-state index in [-0.39, 0.29) is 28.7 Å². The van der Waals surface area contributed by atoms with Crippen molar-refractivity contribution in [2.75, 3.05) is 0 Å². The van der Waals surface area contributed by atoms with Crippen LogP contribution in [0.2, 0.25) is 0 Å². The Bertz CT molecular complexity index is 1100. The van der Waals surface area contributed by atoms with E-state index in [1.165, 1.54) is 24.5 Å². The van der Waals surface area contributed by atoms with Crippen LogP contribution in [0.1, 0.15) is 119 Å². The van der Waals surface area contributed by atoms with Crippen LogP contribution in [-0.4, -0.2) is 27.8 Å². The number of esters is 2. The highest BCUT2D eigenvalue weighted by Crippen LogP contribution is 2.36. The molecule has 1 saturated carbocycles. The van der Waals surface area contributed by atoms with Gasteiger partial charge in [0.05, 0.1) is 10.8 Å². The minimum atomic E-state index is -0.523. The minimum absolute atomic E-state index is 0.0376. The van der Waals surface area contributed by atoms with Crippen LogP contribution in [0, 0.1) is 10.8 Å². The lowest BCUT2D eigenvalue weighted by Crippen LogP contribution is -2.35. The van der Waals surface area contributed by atoms with Crippen molar-refractivity contribution < 1.29 is 29.3 Å². The zero-order valence-corrected chi connectivity index (χ0v) is 28.1. The summed E-state index contributed by atoms with van der Waals surface area (Å²) in [7, 11) is 0. The van der Waals surface area contributed by atoms with Crippen molar-refractivity contribution in [3.8, 4) is 17.2 Å². The lowest BCUT2D eigenvalue weighted by atomic mass is 9.90. The predicted octanol–water partition coefficient (Wildman–Crippen LogP) is 9.70. The quantitative estimate of drug-likeness (QED) is 0.222. The maximum absolute atomic E-state index is 11.8. The summed E-state index contributed by atoms with van der Waals surface area (Å²) >= 11 is 3.17. The fourth-order valence-electron chi connectivity index (χ4n) is 3.73. The van der Waals surface area contributed by atoms with E-state index in [1.807, 2.05) is 53.7 Å². The number of phenols is 2. The fourth-order valence-corrected chi connectivity index (χ4v) is 4.08. The number of aromatic hydroxyl groups is 2. The van der Waals surface area contributed by atoms with Gasteiger partial charge in [0.2, 0.25) is 0 Å². The molecule has 0 aliphatic heterocycles. The van der Waals surface area contributed by atoms with Crippen LogP contribution in [-0.2, 0) is 14.3 Å². The van der Waals surface area contributed by atoms with Gasteiger partial charge in [-0.3, -0.25) is 9.59 Å². The van der Waals surface area contributed by atoms with Crippen molar-refractivity contribution in [3.63, 3.8) is 0 Å². The first-order valence-electron chi connectivity index (χ1n) is 14.7. The molecule has 1 aliphatic carbocycles. The molecule has 2 aromatic rings. The van der Waals surface area contributed by atoms with Gasteiger partial charge in [0, 0.05) is 0 Å². The van der Waals surface area contributed by atoms with Gasteiger partial charge in [0.1, 0.15) is 27.3 Å². The number of hydrogen-bond acceptors (Lipinski definition) is 6.